The molecule has 0 radical (unpaired) electrons. The first kappa shape index (κ1) is 15.7. The molecule has 1 heterocycles. The Balaban J connectivity index is 2.95. The van der Waals surface area contributed by atoms with E-state index in [9.17, 15) is 27.2 Å². The second kappa shape index (κ2) is 6.00. The summed E-state index contributed by atoms with van der Waals surface area (Å²) in [6.45, 7) is 1.45. The number of aromatic nitrogens is 1. The number of ether oxygens (including phenoxy) is 1. The normalized spacial score (nSPS) is 11.3. The Bertz CT molecular complexity index is 842. The summed E-state index contributed by atoms with van der Waals surface area (Å²) >= 11 is 0. The fourth-order valence-corrected chi connectivity index (χ4v) is 1.95. The number of nitrogens with zero attached hydrogens (tertiary/aromatic N) is 1. The molecule has 8 heteroatoms. The Labute approximate surface area is 121 Å². The van der Waals surface area contributed by atoms with Gasteiger partial charge in [0.1, 0.15) is 11.9 Å². The minimum atomic E-state index is -1.81. The largest absolute Gasteiger partial charge is 0.462 e. The number of fused-ring (bicyclic) bond motifs is 1. The zero-order valence-electron chi connectivity index (χ0n) is 11.2. The van der Waals surface area contributed by atoms with E-state index < -0.39 is 45.3 Å². The van der Waals surface area contributed by atoms with E-state index in [-0.39, 0.29) is 12.9 Å². The van der Waals surface area contributed by atoms with Gasteiger partial charge in [0.05, 0.1) is 17.5 Å². The Morgan fingerprint density at radius 1 is 1.32 bits per heavy atom. The Hall–Kier alpha value is -2.64. The van der Waals surface area contributed by atoms with Crippen LogP contribution in [0.1, 0.15) is 17.3 Å². The molecule has 2 rings (SSSR count). The van der Waals surface area contributed by atoms with E-state index in [0.29, 0.717) is 16.8 Å². The maximum atomic E-state index is 13.9. The highest BCUT2D eigenvalue weighted by atomic mass is 19.2. The van der Waals surface area contributed by atoms with Gasteiger partial charge in [-0.25, -0.2) is 22.4 Å². The number of carbonyl (C=O) groups is 1. The lowest BCUT2D eigenvalue weighted by Crippen LogP contribution is -2.21. The average molecular weight is 315 g/mol. The van der Waals surface area contributed by atoms with Crippen LogP contribution in [-0.2, 0) is 4.74 Å². The number of hydrogen-bond donors (Lipinski definition) is 0. The predicted molar refractivity (Wildman–Crippen MR) is 70.5 cm³/mol. The average Bonchev–Trinajstić information content (AvgIpc) is 2.48. The summed E-state index contributed by atoms with van der Waals surface area (Å²) in [7, 11) is 0. The number of esters is 1. The summed E-state index contributed by atoms with van der Waals surface area (Å²) < 4.78 is 58.2. The van der Waals surface area contributed by atoms with Crippen molar-refractivity contribution in [3.05, 3.63) is 51.8 Å². The Morgan fingerprint density at radius 3 is 2.59 bits per heavy atom. The standard InChI is InChI=1S/C14H9F4NO3/c1-2-22-14(21)8-6-19(4-3-15)12-7(13(8)20)5-9(16)10(17)11(12)18/h3-6H,2H2,1H3. The molecule has 0 N–H and O–H groups in total. The molecule has 0 saturated heterocycles. The summed E-state index contributed by atoms with van der Waals surface area (Å²) in [5.41, 5.74) is -2.29. The molecule has 0 aliphatic heterocycles. The minimum absolute atomic E-state index is 0.0143. The molecule has 116 valence electrons. The highest BCUT2D eigenvalue weighted by Crippen LogP contribution is 2.22. The first-order valence-electron chi connectivity index (χ1n) is 6.08. The summed E-state index contributed by atoms with van der Waals surface area (Å²) in [6, 6.07) is 0.446. The molecule has 0 unspecified atom stereocenters. The van der Waals surface area contributed by atoms with E-state index in [1.165, 1.54) is 6.92 Å². The molecule has 0 fully saturated rings. The smallest absolute Gasteiger partial charge is 0.343 e. The highest BCUT2D eigenvalue weighted by molar-refractivity contribution is 5.94. The molecule has 0 atom stereocenters. The van der Waals surface area contributed by atoms with Crippen LogP contribution in [0.25, 0.3) is 17.1 Å². The van der Waals surface area contributed by atoms with Gasteiger partial charge in [-0.15, -0.1) is 0 Å². The Kier molecular flexibility index (Phi) is 4.30. The van der Waals surface area contributed by atoms with Crippen LogP contribution in [0.3, 0.4) is 0 Å². The van der Waals surface area contributed by atoms with E-state index >= 15 is 0 Å². The lowest BCUT2D eigenvalue weighted by atomic mass is 10.1. The van der Waals surface area contributed by atoms with Crippen molar-refractivity contribution in [3.63, 3.8) is 0 Å². The van der Waals surface area contributed by atoms with Gasteiger partial charge >= 0.3 is 5.97 Å². The molecule has 0 saturated carbocycles. The van der Waals surface area contributed by atoms with Gasteiger partial charge < -0.3 is 9.30 Å². The summed E-state index contributed by atoms with van der Waals surface area (Å²) in [6.07, 6.45) is 1.42. The third-order valence-electron chi connectivity index (χ3n) is 2.86. The van der Waals surface area contributed by atoms with Gasteiger partial charge in [-0.3, -0.25) is 4.79 Å². The molecule has 0 aliphatic rings. The maximum absolute atomic E-state index is 13.9. The number of hydrogen-bond acceptors (Lipinski definition) is 3. The fourth-order valence-electron chi connectivity index (χ4n) is 1.95. The number of pyridine rings is 1. The van der Waals surface area contributed by atoms with E-state index in [0.717, 1.165) is 6.20 Å². The van der Waals surface area contributed by atoms with E-state index in [4.69, 9.17) is 0 Å². The number of halogens is 4. The summed E-state index contributed by atoms with van der Waals surface area (Å²) in [5, 5.41) is -0.611. The van der Waals surface area contributed by atoms with Crippen LogP contribution < -0.4 is 5.43 Å². The quantitative estimate of drug-likeness (QED) is 0.497. The van der Waals surface area contributed by atoms with Crippen LogP contribution in [0.15, 0.2) is 23.4 Å². The molecule has 4 nitrogen and oxygen atoms in total. The van der Waals surface area contributed by atoms with Gasteiger partial charge in [0.2, 0.25) is 5.43 Å². The zero-order valence-corrected chi connectivity index (χ0v) is 11.2. The molecule has 2 aromatic rings. The van der Waals surface area contributed by atoms with Gasteiger partial charge in [-0.2, -0.15) is 0 Å². The second-order valence-corrected chi connectivity index (χ2v) is 4.16. The highest BCUT2D eigenvalue weighted by Gasteiger charge is 2.22. The number of carbonyl (C=O) groups excluding carboxylic acids is 1. The number of benzene rings is 1. The van der Waals surface area contributed by atoms with Crippen LogP contribution in [0.2, 0.25) is 0 Å². The molecule has 0 bridgehead atoms. The first-order chi connectivity index (χ1) is 10.4. The number of rotatable bonds is 3. The van der Waals surface area contributed by atoms with Crippen molar-refractivity contribution in [2.75, 3.05) is 6.61 Å². The van der Waals surface area contributed by atoms with E-state index in [1.54, 1.807) is 0 Å². The van der Waals surface area contributed by atoms with Crippen molar-refractivity contribution in [2.24, 2.45) is 0 Å². The molecule has 1 aromatic carbocycles. The van der Waals surface area contributed by atoms with Gasteiger partial charge in [-0.1, -0.05) is 0 Å². The molecule has 0 spiro atoms. The van der Waals surface area contributed by atoms with Crippen molar-refractivity contribution in [3.8, 4) is 0 Å². The Morgan fingerprint density at radius 2 is 2.00 bits per heavy atom. The third kappa shape index (κ3) is 2.47. The molecular formula is C14H9F4NO3. The molecular weight excluding hydrogens is 306 g/mol. The molecule has 22 heavy (non-hydrogen) atoms. The van der Waals surface area contributed by atoms with Crippen LogP contribution in [-0.4, -0.2) is 17.1 Å². The molecule has 0 amide bonds. The monoisotopic (exact) mass is 315 g/mol. The SMILES string of the molecule is CCOC(=O)c1cn(C=CF)c2c(F)c(F)c(F)cc2c1=O. The first-order valence-corrected chi connectivity index (χ1v) is 6.08. The van der Waals surface area contributed by atoms with Crippen molar-refractivity contribution >= 4 is 23.1 Å². The third-order valence-corrected chi connectivity index (χ3v) is 2.86. The zero-order chi connectivity index (χ0) is 16.4. The van der Waals surface area contributed by atoms with Crippen molar-refractivity contribution in [1.29, 1.82) is 0 Å². The van der Waals surface area contributed by atoms with Crippen LogP contribution in [0.4, 0.5) is 17.6 Å². The summed E-state index contributed by atoms with van der Waals surface area (Å²) in [4.78, 5) is 23.8. The predicted octanol–water partition coefficient (Wildman–Crippen LogP) is 2.99. The van der Waals surface area contributed by atoms with Gasteiger partial charge in [0.25, 0.3) is 0 Å². The lowest BCUT2D eigenvalue weighted by Gasteiger charge is -2.10. The lowest BCUT2D eigenvalue weighted by molar-refractivity contribution is 0.0524. The van der Waals surface area contributed by atoms with Crippen molar-refractivity contribution < 1.29 is 27.1 Å². The van der Waals surface area contributed by atoms with Crippen LogP contribution >= 0.6 is 0 Å². The topological polar surface area (TPSA) is 48.3 Å². The van der Waals surface area contributed by atoms with Crippen molar-refractivity contribution in [2.45, 2.75) is 6.92 Å². The maximum Gasteiger partial charge on any atom is 0.343 e. The van der Waals surface area contributed by atoms with Gasteiger partial charge in [0, 0.05) is 12.4 Å². The van der Waals surface area contributed by atoms with Gasteiger partial charge in [-0.05, 0) is 13.0 Å². The van der Waals surface area contributed by atoms with Crippen LogP contribution in [0, 0.1) is 17.5 Å². The minimum Gasteiger partial charge on any atom is -0.462 e. The summed E-state index contributed by atoms with van der Waals surface area (Å²) in [5.74, 6) is -6.11. The van der Waals surface area contributed by atoms with Crippen molar-refractivity contribution in [1.82, 2.24) is 4.57 Å². The van der Waals surface area contributed by atoms with Crippen LogP contribution in [0.5, 0.6) is 0 Å². The van der Waals surface area contributed by atoms with E-state index in [1.807, 2.05) is 0 Å². The fraction of sp³-hybridized carbons (Fsp3) is 0.143. The second-order valence-electron chi connectivity index (χ2n) is 4.16. The van der Waals surface area contributed by atoms with Gasteiger partial charge in [0.15, 0.2) is 17.5 Å². The molecule has 1 aromatic heterocycles. The van der Waals surface area contributed by atoms with E-state index in [2.05, 4.69) is 4.74 Å². The molecule has 0 aliphatic carbocycles.